The SMILES string of the molecule is CCCCNC(=O)CN1CCN([C@H](C)C(=O)Nc2ccccc2-c2ccccc2)CC1. The number of hydrogen-bond acceptors (Lipinski definition) is 4. The summed E-state index contributed by atoms with van der Waals surface area (Å²) in [5.74, 6) is 0.0827. The number of amides is 2. The third-order valence-electron chi connectivity index (χ3n) is 5.82. The molecule has 2 amide bonds. The predicted molar refractivity (Wildman–Crippen MR) is 126 cm³/mol. The van der Waals surface area contributed by atoms with Crippen LogP contribution in [0.2, 0.25) is 0 Å². The van der Waals surface area contributed by atoms with E-state index in [0.29, 0.717) is 6.54 Å². The van der Waals surface area contributed by atoms with Crippen LogP contribution in [-0.2, 0) is 9.59 Å². The summed E-state index contributed by atoms with van der Waals surface area (Å²) in [6.07, 6.45) is 2.09. The monoisotopic (exact) mass is 422 g/mol. The molecule has 6 heteroatoms. The zero-order valence-corrected chi connectivity index (χ0v) is 18.6. The Kier molecular flexibility index (Phi) is 8.62. The molecule has 1 heterocycles. The molecule has 31 heavy (non-hydrogen) atoms. The molecule has 6 nitrogen and oxygen atoms in total. The summed E-state index contributed by atoms with van der Waals surface area (Å²) in [5.41, 5.74) is 2.92. The molecule has 0 radical (unpaired) electrons. The number of nitrogens with one attached hydrogen (secondary N) is 2. The maximum absolute atomic E-state index is 13.0. The first-order valence-corrected chi connectivity index (χ1v) is 11.3. The van der Waals surface area contributed by atoms with E-state index in [1.54, 1.807) is 0 Å². The Labute approximate surface area is 185 Å². The Balaban J connectivity index is 1.51. The quantitative estimate of drug-likeness (QED) is 0.609. The molecule has 2 aromatic carbocycles. The minimum atomic E-state index is -0.232. The summed E-state index contributed by atoms with van der Waals surface area (Å²) in [4.78, 5) is 29.3. The number of rotatable bonds is 9. The van der Waals surface area contributed by atoms with Crippen molar-refractivity contribution in [1.29, 1.82) is 0 Å². The van der Waals surface area contributed by atoms with Crippen LogP contribution < -0.4 is 10.6 Å². The maximum atomic E-state index is 13.0. The van der Waals surface area contributed by atoms with Gasteiger partial charge in [-0.3, -0.25) is 19.4 Å². The molecule has 2 aromatic rings. The molecule has 0 unspecified atom stereocenters. The topological polar surface area (TPSA) is 64.7 Å². The lowest BCUT2D eigenvalue weighted by atomic mass is 10.0. The van der Waals surface area contributed by atoms with Gasteiger partial charge in [0.25, 0.3) is 0 Å². The van der Waals surface area contributed by atoms with Crippen molar-refractivity contribution in [3.05, 3.63) is 54.6 Å². The van der Waals surface area contributed by atoms with E-state index in [4.69, 9.17) is 0 Å². The van der Waals surface area contributed by atoms with Crippen molar-refractivity contribution < 1.29 is 9.59 Å². The second-order valence-electron chi connectivity index (χ2n) is 8.09. The zero-order valence-electron chi connectivity index (χ0n) is 18.6. The summed E-state index contributed by atoms with van der Waals surface area (Å²) >= 11 is 0. The Morgan fingerprint density at radius 2 is 1.65 bits per heavy atom. The van der Waals surface area contributed by atoms with Crippen molar-refractivity contribution in [2.75, 3.05) is 44.6 Å². The third-order valence-corrected chi connectivity index (χ3v) is 5.82. The third kappa shape index (κ3) is 6.64. The molecule has 166 valence electrons. The van der Waals surface area contributed by atoms with Crippen molar-refractivity contribution >= 4 is 17.5 Å². The van der Waals surface area contributed by atoms with Crippen LogP contribution in [0, 0.1) is 0 Å². The van der Waals surface area contributed by atoms with Gasteiger partial charge in [0.05, 0.1) is 12.6 Å². The molecule has 0 aromatic heterocycles. The van der Waals surface area contributed by atoms with Gasteiger partial charge in [0.1, 0.15) is 0 Å². The molecular weight excluding hydrogens is 388 g/mol. The van der Waals surface area contributed by atoms with E-state index < -0.39 is 0 Å². The summed E-state index contributed by atoms with van der Waals surface area (Å²) in [6.45, 7) is 8.38. The standard InChI is InChI=1S/C25H34N4O2/c1-3-4-14-26-24(30)19-28-15-17-29(18-16-28)20(2)25(31)27-23-13-9-8-12-22(23)21-10-6-5-7-11-21/h5-13,20H,3-4,14-19H2,1-2H3,(H,26,30)(H,27,31)/t20-/m1/s1. The fraction of sp³-hybridized carbons (Fsp3) is 0.440. The van der Waals surface area contributed by atoms with Gasteiger partial charge in [-0.2, -0.15) is 0 Å². The van der Waals surface area contributed by atoms with Crippen LogP contribution in [0.25, 0.3) is 11.1 Å². The molecule has 1 saturated heterocycles. The van der Waals surface area contributed by atoms with Gasteiger partial charge in [-0.15, -0.1) is 0 Å². The fourth-order valence-electron chi connectivity index (χ4n) is 3.84. The average molecular weight is 423 g/mol. The maximum Gasteiger partial charge on any atom is 0.241 e. The van der Waals surface area contributed by atoms with Crippen LogP contribution in [0.1, 0.15) is 26.7 Å². The highest BCUT2D eigenvalue weighted by Gasteiger charge is 2.26. The molecular formula is C25H34N4O2. The normalized spacial score (nSPS) is 15.9. The lowest BCUT2D eigenvalue weighted by molar-refractivity contribution is -0.124. The van der Waals surface area contributed by atoms with Crippen LogP contribution in [0.15, 0.2) is 54.6 Å². The van der Waals surface area contributed by atoms with Crippen molar-refractivity contribution in [3.63, 3.8) is 0 Å². The predicted octanol–water partition coefficient (Wildman–Crippen LogP) is 3.21. The smallest absolute Gasteiger partial charge is 0.241 e. The Morgan fingerprint density at radius 3 is 2.35 bits per heavy atom. The number of para-hydroxylation sites is 1. The van der Waals surface area contributed by atoms with Crippen LogP contribution in [0.3, 0.4) is 0 Å². The van der Waals surface area contributed by atoms with E-state index in [1.807, 2.05) is 61.5 Å². The fourth-order valence-corrected chi connectivity index (χ4v) is 3.84. The van der Waals surface area contributed by atoms with Gasteiger partial charge < -0.3 is 10.6 Å². The molecule has 1 aliphatic rings. The lowest BCUT2D eigenvalue weighted by Crippen LogP contribution is -2.54. The van der Waals surface area contributed by atoms with Crippen molar-refractivity contribution in [1.82, 2.24) is 15.1 Å². The highest BCUT2D eigenvalue weighted by atomic mass is 16.2. The highest BCUT2D eigenvalue weighted by molar-refractivity contribution is 5.98. The summed E-state index contributed by atoms with van der Waals surface area (Å²) < 4.78 is 0. The van der Waals surface area contributed by atoms with E-state index in [2.05, 4.69) is 27.4 Å². The molecule has 3 rings (SSSR count). The minimum Gasteiger partial charge on any atom is -0.355 e. The number of carbonyl (C=O) groups excluding carboxylic acids is 2. The first kappa shape index (κ1) is 23.0. The van der Waals surface area contributed by atoms with Gasteiger partial charge >= 0.3 is 0 Å². The molecule has 1 fully saturated rings. The largest absolute Gasteiger partial charge is 0.355 e. The first-order chi connectivity index (χ1) is 15.1. The van der Waals surface area contributed by atoms with Crippen LogP contribution in [0.4, 0.5) is 5.69 Å². The van der Waals surface area contributed by atoms with E-state index >= 15 is 0 Å². The lowest BCUT2D eigenvalue weighted by Gasteiger charge is -2.37. The molecule has 0 saturated carbocycles. The van der Waals surface area contributed by atoms with Gasteiger partial charge in [-0.05, 0) is 25.0 Å². The number of benzene rings is 2. The van der Waals surface area contributed by atoms with Crippen LogP contribution in [-0.4, -0.2) is 66.9 Å². The van der Waals surface area contributed by atoms with Gasteiger partial charge in [-0.1, -0.05) is 61.9 Å². The Hall–Kier alpha value is -2.70. The highest BCUT2D eigenvalue weighted by Crippen LogP contribution is 2.27. The second kappa shape index (κ2) is 11.6. The zero-order chi connectivity index (χ0) is 22.1. The van der Waals surface area contributed by atoms with E-state index in [1.165, 1.54) is 0 Å². The number of piperazine rings is 1. The minimum absolute atomic E-state index is 0.00543. The second-order valence-corrected chi connectivity index (χ2v) is 8.09. The Bertz CT molecular complexity index is 848. The average Bonchev–Trinajstić information content (AvgIpc) is 2.80. The number of carbonyl (C=O) groups is 2. The first-order valence-electron chi connectivity index (χ1n) is 11.3. The van der Waals surface area contributed by atoms with Gasteiger partial charge in [0, 0.05) is 44.0 Å². The molecule has 0 spiro atoms. The summed E-state index contributed by atoms with van der Waals surface area (Å²) in [6, 6.07) is 17.8. The van der Waals surface area contributed by atoms with Crippen LogP contribution in [0.5, 0.6) is 0 Å². The van der Waals surface area contributed by atoms with Gasteiger partial charge in [0.15, 0.2) is 0 Å². The molecule has 0 bridgehead atoms. The molecule has 0 aliphatic carbocycles. The summed E-state index contributed by atoms with van der Waals surface area (Å²) in [5, 5.41) is 6.09. The molecule has 1 aliphatic heterocycles. The van der Waals surface area contributed by atoms with Gasteiger partial charge in [-0.25, -0.2) is 0 Å². The van der Waals surface area contributed by atoms with Crippen molar-refractivity contribution in [2.24, 2.45) is 0 Å². The number of hydrogen-bond donors (Lipinski definition) is 2. The number of anilines is 1. The van der Waals surface area contributed by atoms with E-state index in [9.17, 15) is 9.59 Å². The van der Waals surface area contributed by atoms with E-state index in [-0.39, 0.29) is 17.9 Å². The molecule has 2 N–H and O–H groups in total. The summed E-state index contributed by atoms with van der Waals surface area (Å²) in [7, 11) is 0. The number of unbranched alkanes of at least 4 members (excludes halogenated alkanes) is 1. The van der Waals surface area contributed by atoms with Crippen molar-refractivity contribution in [2.45, 2.75) is 32.7 Å². The molecule has 1 atom stereocenters. The number of nitrogens with zero attached hydrogens (tertiary/aromatic N) is 2. The Morgan fingerprint density at radius 1 is 0.968 bits per heavy atom. The van der Waals surface area contributed by atoms with Gasteiger partial charge in [0.2, 0.25) is 11.8 Å². The van der Waals surface area contributed by atoms with Crippen molar-refractivity contribution in [3.8, 4) is 11.1 Å². The van der Waals surface area contributed by atoms with Crippen LogP contribution >= 0.6 is 0 Å². The van der Waals surface area contributed by atoms with E-state index in [0.717, 1.165) is 62.4 Å².